The van der Waals surface area contributed by atoms with Crippen molar-refractivity contribution in [3.8, 4) is 28.7 Å². The molecule has 3 fully saturated rings. The summed E-state index contributed by atoms with van der Waals surface area (Å²) in [5.74, 6) is -0.202. The lowest BCUT2D eigenvalue weighted by Gasteiger charge is -2.49. The number of aliphatic hydroxyl groups excluding tert-OH is 2. The van der Waals surface area contributed by atoms with Crippen LogP contribution in [0.5, 0.6) is 28.7 Å². The van der Waals surface area contributed by atoms with Crippen LogP contribution in [0, 0.1) is 17.8 Å². The molecule has 6 unspecified atom stereocenters. The number of carbonyl (C=O) groups is 1. The van der Waals surface area contributed by atoms with Gasteiger partial charge in [0.1, 0.15) is 5.75 Å². The second-order valence-corrected chi connectivity index (χ2v) is 23.6. The number of ether oxygens (including phenoxy) is 2. The number of aromatic nitrogens is 1. The van der Waals surface area contributed by atoms with Gasteiger partial charge in [-0.3, -0.25) is 4.79 Å². The summed E-state index contributed by atoms with van der Waals surface area (Å²) in [6.07, 6.45) is 11.1. The monoisotopic (exact) mass is 1010 g/mol. The van der Waals surface area contributed by atoms with E-state index in [0.29, 0.717) is 53.4 Å². The van der Waals surface area contributed by atoms with Gasteiger partial charge < -0.3 is 45.3 Å². The first-order valence-electron chi connectivity index (χ1n) is 26.1. The Morgan fingerprint density at radius 3 is 2.38 bits per heavy atom. The standard InChI is InChI=1S/C60H69N2O8S2/c1-4-38-15-16-39-10-9-11-41-34-71-72-35-43-27-53(66)60(32-36-14-18-50(64)52(25-36)70-47-12-5-6-13-47,45-28-44(29-46(63)30-45)59(61-2)21-7-8-22-59)58(68)55(43)56(67)42(24-37-20-23-62-33-37)26-40-17-19-51(65)57(69-3)49(40)31-48(38)54(39)41/h9-11,14-20,23,25,28-30,33,42-43,47,53,55-56,61,63-67H,4-8,12-13,21-22,24,26-27,31-32,34-35H2,1-3H3/q-1. The van der Waals surface area contributed by atoms with Crippen molar-refractivity contribution >= 4 is 38.1 Å². The summed E-state index contributed by atoms with van der Waals surface area (Å²) < 4.78 is 12.5. The van der Waals surface area contributed by atoms with E-state index >= 15 is 4.79 Å². The van der Waals surface area contributed by atoms with E-state index in [0.717, 1.165) is 85.4 Å². The molecule has 0 radical (unpaired) electrons. The average Bonchev–Trinajstić information content (AvgIpc) is 4.21. The van der Waals surface area contributed by atoms with Crippen LogP contribution in [0.1, 0.15) is 115 Å². The third-order valence-electron chi connectivity index (χ3n) is 17.0. The molecule has 4 aliphatic rings. The molecule has 10 rings (SSSR count). The molecular formula is C60H69N2O8S2-. The fraction of sp³-hybridized carbons (Fsp3) is 0.450. The van der Waals surface area contributed by atoms with Gasteiger partial charge in [-0.1, -0.05) is 102 Å². The van der Waals surface area contributed by atoms with Gasteiger partial charge in [0, 0.05) is 34.9 Å². The van der Waals surface area contributed by atoms with Gasteiger partial charge in [-0.05, 0) is 170 Å². The van der Waals surface area contributed by atoms with E-state index in [1.54, 1.807) is 65.2 Å². The van der Waals surface area contributed by atoms with E-state index in [1.165, 1.54) is 22.1 Å². The Labute approximate surface area is 431 Å². The lowest BCUT2D eigenvalue weighted by Crippen LogP contribution is -2.61. The van der Waals surface area contributed by atoms with Crippen LogP contribution in [0.25, 0.3) is 10.8 Å². The Balaban J connectivity index is 1.14. The molecule has 0 amide bonds. The number of ketones is 1. The minimum Gasteiger partial charge on any atom is -0.670 e. The summed E-state index contributed by atoms with van der Waals surface area (Å²) in [5.41, 5.74) is 6.25. The molecule has 0 spiro atoms. The molecule has 1 aromatic heterocycles. The summed E-state index contributed by atoms with van der Waals surface area (Å²) >= 11 is 0. The second kappa shape index (κ2) is 21.4. The zero-order valence-corrected chi connectivity index (χ0v) is 43.4. The highest BCUT2D eigenvalue weighted by atomic mass is 33.1. The third kappa shape index (κ3) is 9.63. The van der Waals surface area contributed by atoms with Crippen LogP contribution in [-0.4, -0.2) is 69.5 Å². The molecule has 0 bridgehead atoms. The average molecular weight is 1010 g/mol. The molecule has 0 saturated heterocycles. The fourth-order valence-electron chi connectivity index (χ4n) is 13.2. The number of methoxy groups -OCH3 is 1. The summed E-state index contributed by atoms with van der Waals surface area (Å²) in [6.45, 7) is 2.17. The minimum absolute atomic E-state index is 0.00805. The van der Waals surface area contributed by atoms with Gasteiger partial charge in [0.25, 0.3) is 0 Å². The number of hydrogen-bond acceptors (Lipinski definition) is 11. The zero-order chi connectivity index (χ0) is 50.1. The van der Waals surface area contributed by atoms with E-state index in [2.05, 4.69) is 47.6 Å². The van der Waals surface area contributed by atoms with E-state index in [1.807, 2.05) is 37.5 Å². The Hall–Kier alpha value is -5.11. The first-order chi connectivity index (χ1) is 34.9. The normalized spacial score (nSPS) is 24.8. The van der Waals surface area contributed by atoms with Crippen molar-refractivity contribution < 1.29 is 39.8 Å². The molecule has 3 saturated carbocycles. The quantitative estimate of drug-likeness (QED) is 0.0682. The van der Waals surface area contributed by atoms with E-state index < -0.39 is 40.9 Å². The van der Waals surface area contributed by atoms with Crippen LogP contribution in [0.3, 0.4) is 0 Å². The Morgan fingerprint density at radius 1 is 0.833 bits per heavy atom. The number of hydrogen-bond donors (Lipinski definition) is 6. The van der Waals surface area contributed by atoms with Crippen molar-refractivity contribution in [1.82, 2.24) is 10.3 Å². The smallest absolute Gasteiger partial charge is 0.164 e. The number of carbonyl (C=O) groups excluding carboxylic acids is 1. The molecule has 5 aromatic carbocycles. The molecule has 6 atom stereocenters. The molecule has 6 aromatic rings. The highest BCUT2D eigenvalue weighted by Gasteiger charge is 2.58. The molecule has 10 nitrogen and oxygen atoms in total. The van der Waals surface area contributed by atoms with Crippen LogP contribution in [0.15, 0.2) is 97.3 Å². The largest absolute Gasteiger partial charge is 0.670 e. The maximum Gasteiger partial charge on any atom is 0.164 e. The highest BCUT2D eigenvalue weighted by Crippen LogP contribution is 2.52. The molecule has 72 heavy (non-hydrogen) atoms. The molecular weight excluding hydrogens is 941 g/mol. The molecule has 1 aliphatic heterocycles. The van der Waals surface area contributed by atoms with Crippen LogP contribution in [0.2, 0.25) is 0 Å². The lowest BCUT2D eigenvalue weighted by atomic mass is 9.55. The maximum absolute atomic E-state index is 16.7. The van der Waals surface area contributed by atoms with E-state index in [-0.39, 0.29) is 42.0 Å². The number of benzene rings is 5. The SMILES string of the molecule is CCc1ccc2cccc3c2c1Cc1c(ccc(O)c1OC)CC(Cc1cc[n-]c1)C(O)C1C(=O)C(Cc2ccc(O)c(OC4CCCC4)c2)(c2cc(O)cc(C4(NC)CCCC4)c2)C(O)CC1CSSC3. The van der Waals surface area contributed by atoms with Gasteiger partial charge >= 0.3 is 0 Å². The summed E-state index contributed by atoms with van der Waals surface area (Å²) in [7, 11) is 6.93. The van der Waals surface area contributed by atoms with Gasteiger partial charge in [-0.25, -0.2) is 0 Å². The van der Waals surface area contributed by atoms with Crippen molar-refractivity contribution in [1.29, 1.82) is 0 Å². The number of Topliss-reactive ketones (excluding diaryl/α,β-unsaturated/α-hetero) is 1. The number of nitrogens with zero attached hydrogens (tertiary/aromatic N) is 1. The first kappa shape index (κ1) is 50.4. The van der Waals surface area contributed by atoms with Crippen molar-refractivity contribution in [3.05, 3.63) is 147 Å². The molecule has 3 aliphatic carbocycles. The third-order valence-corrected chi connectivity index (χ3v) is 19.4. The fourth-order valence-corrected chi connectivity index (χ4v) is 15.7. The van der Waals surface area contributed by atoms with Crippen LogP contribution in [0.4, 0.5) is 0 Å². The molecule has 6 N–H and O–H groups in total. The Bertz CT molecular complexity index is 2890. The van der Waals surface area contributed by atoms with Gasteiger partial charge in [-0.2, -0.15) is 12.4 Å². The molecule has 2 heterocycles. The van der Waals surface area contributed by atoms with Crippen molar-refractivity contribution in [2.75, 3.05) is 19.9 Å². The number of phenols is 3. The summed E-state index contributed by atoms with van der Waals surface area (Å²) in [5, 5.41) is 67.0. The summed E-state index contributed by atoms with van der Waals surface area (Å²) in [6, 6.07) is 27.1. The number of rotatable bonds is 11. The maximum atomic E-state index is 16.7. The van der Waals surface area contributed by atoms with Crippen LogP contribution in [-0.2, 0) is 53.6 Å². The Kier molecular flexibility index (Phi) is 15.0. The Morgan fingerprint density at radius 2 is 1.62 bits per heavy atom. The van der Waals surface area contributed by atoms with Crippen molar-refractivity contribution in [2.24, 2.45) is 17.8 Å². The molecule has 380 valence electrons. The predicted molar refractivity (Wildman–Crippen MR) is 288 cm³/mol. The number of aryl methyl sites for hydroxylation is 1. The first-order valence-corrected chi connectivity index (χ1v) is 28.6. The van der Waals surface area contributed by atoms with Crippen LogP contribution >= 0.6 is 21.6 Å². The lowest BCUT2D eigenvalue weighted by molar-refractivity contribution is -0.149. The predicted octanol–water partition coefficient (Wildman–Crippen LogP) is 10.8. The second-order valence-electron chi connectivity index (χ2n) is 21.1. The van der Waals surface area contributed by atoms with Crippen molar-refractivity contribution in [3.63, 3.8) is 0 Å². The number of phenolic OH excluding ortho intramolecular Hbond substituents is 3. The van der Waals surface area contributed by atoms with Gasteiger partial charge in [0.15, 0.2) is 28.8 Å². The van der Waals surface area contributed by atoms with Crippen LogP contribution < -0.4 is 19.8 Å². The highest BCUT2D eigenvalue weighted by molar-refractivity contribution is 8.76. The van der Waals surface area contributed by atoms with Gasteiger partial charge in [0.05, 0.1) is 30.8 Å². The van der Waals surface area contributed by atoms with E-state index in [4.69, 9.17) is 9.47 Å². The number of nitrogens with one attached hydrogen (secondary N) is 1. The summed E-state index contributed by atoms with van der Waals surface area (Å²) in [4.78, 5) is 21.2. The minimum atomic E-state index is -1.63. The number of aliphatic hydroxyl groups is 2. The number of aromatic hydroxyl groups is 3. The zero-order valence-electron chi connectivity index (χ0n) is 41.7. The van der Waals surface area contributed by atoms with Gasteiger partial charge in [-0.15, -0.1) is 0 Å². The van der Waals surface area contributed by atoms with E-state index in [9.17, 15) is 25.5 Å². The topological polar surface area (TPSA) is 163 Å². The number of fused-ring (bicyclic) bond motifs is 2. The van der Waals surface area contributed by atoms with Crippen molar-refractivity contribution in [2.45, 2.75) is 132 Å². The van der Waals surface area contributed by atoms with Gasteiger partial charge in [0.2, 0.25) is 0 Å². The molecule has 12 heteroatoms.